The van der Waals surface area contributed by atoms with Crippen molar-refractivity contribution in [2.75, 3.05) is 51.8 Å². The van der Waals surface area contributed by atoms with Crippen LogP contribution in [0.5, 0.6) is 0 Å². The maximum atomic E-state index is 12.9. The molecule has 208 valence electrons. The zero-order chi connectivity index (χ0) is 27.8. The number of nitrogens with zero attached hydrogens (tertiary/aromatic N) is 3. The molecule has 0 spiro atoms. The molecule has 0 unspecified atom stereocenters. The number of carbonyl (C=O) groups excluding carboxylic acids is 1. The van der Waals surface area contributed by atoms with Gasteiger partial charge < -0.3 is 14.9 Å². The van der Waals surface area contributed by atoms with Crippen LogP contribution in [-0.2, 0) is 11.3 Å². The minimum absolute atomic E-state index is 0.238. The van der Waals surface area contributed by atoms with Crippen molar-refractivity contribution < 1.29 is 9.90 Å². The van der Waals surface area contributed by atoms with Crippen LogP contribution in [0.15, 0.2) is 49.1 Å². The van der Waals surface area contributed by atoms with Crippen molar-refractivity contribution in [1.29, 1.82) is 0 Å². The zero-order valence-electron chi connectivity index (χ0n) is 24.8. The van der Waals surface area contributed by atoms with Gasteiger partial charge in [-0.2, -0.15) is 0 Å². The maximum Gasteiger partial charge on any atom is 0.241 e. The summed E-state index contributed by atoms with van der Waals surface area (Å²) in [5.74, 6) is 0.984. The van der Waals surface area contributed by atoms with Crippen molar-refractivity contribution in [3.05, 3.63) is 54.6 Å². The van der Waals surface area contributed by atoms with Gasteiger partial charge in [-0.15, -0.1) is 6.58 Å². The molecule has 36 heavy (non-hydrogen) atoms. The van der Waals surface area contributed by atoms with Gasteiger partial charge >= 0.3 is 0 Å². The van der Waals surface area contributed by atoms with Crippen LogP contribution in [-0.4, -0.2) is 67.7 Å². The number of hydrogen-bond acceptors (Lipinski definition) is 4. The van der Waals surface area contributed by atoms with Crippen molar-refractivity contribution in [3.8, 4) is 0 Å². The second kappa shape index (κ2) is 24.7. The lowest BCUT2D eigenvalue weighted by Crippen LogP contribution is -2.39. The molecule has 3 rings (SSSR count). The molecule has 1 amide bonds. The predicted molar refractivity (Wildman–Crippen MR) is 160 cm³/mol. The van der Waals surface area contributed by atoms with Gasteiger partial charge in [-0.05, 0) is 76.7 Å². The Morgan fingerprint density at radius 3 is 2.17 bits per heavy atom. The molecule has 5 heteroatoms. The molecular weight excluding hydrogens is 446 g/mol. The van der Waals surface area contributed by atoms with E-state index in [1.165, 1.54) is 31.5 Å². The molecule has 2 heterocycles. The Labute approximate surface area is 223 Å². The Hall–Kier alpha value is -1.95. The molecule has 0 aromatic heterocycles. The summed E-state index contributed by atoms with van der Waals surface area (Å²) in [7, 11) is 3.20. The van der Waals surface area contributed by atoms with Crippen molar-refractivity contribution in [1.82, 2.24) is 9.80 Å². The summed E-state index contributed by atoms with van der Waals surface area (Å²) < 4.78 is 0. The molecule has 0 aliphatic carbocycles. The van der Waals surface area contributed by atoms with Crippen LogP contribution in [0.4, 0.5) is 5.69 Å². The third-order valence-electron chi connectivity index (χ3n) is 6.06. The first-order valence-electron chi connectivity index (χ1n) is 14.0. The highest BCUT2D eigenvalue weighted by atomic mass is 16.2. The molecule has 5 nitrogen and oxygen atoms in total. The quantitative estimate of drug-likeness (QED) is 0.417. The van der Waals surface area contributed by atoms with Crippen LogP contribution in [0.1, 0.15) is 79.2 Å². The second-order valence-electron chi connectivity index (χ2n) is 8.47. The molecule has 1 fully saturated rings. The van der Waals surface area contributed by atoms with Gasteiger partial charge in [0.15, 0.2) is 0 Å². The SMILES string of the molecule is C/C=C/CC.C=CCCN1CC(=O)N(CCC2CCN(C)CC2)c2ccccc2C1.CC.CC.CO. The van der Waals surface area contributed by atoms with Crippen LogP contribution in [0.2, 0.25) is 0 Å². The maximum absolute atomic E-state index is 12.9. The number of benzene rings is 1. The van der Waals surface area contributed by atoms with E-state index >= 15 is 0 Å². The number of piperidine rings is 1. The highest BCUT2D eigenvalue weighted by molar-refractivity contribution is 5.96. The van der Waals surface area contributed by atoms with Crippen LogP contribution < -0.4 is 4.90 Å². The fourth-order valence-corrected chi connectivity index (χ4v) is 4.19. The van der Waals surface area contributed by atoms with Crippen LogP contribution >= 0.6 is 0 Å². The predicted octanol–water partition coefficient (Wildman–Crippen LogP) is 6.78. The van der Waals surface area contributed by atoms with Gasteiger partial charge in [-0.25, -0.2) is 0 Å². The van der Waals surface area contributed by atoms with Gasteiger partial charge in [0, 0.05) is 32.4 Å². The molecule has 0 atom stereocenters. The van der Waals surface area contributed by atoms with Crippen LogP contribution in [0.3, 0.4) is 0 Å². The molecular formula is C31H57N3O2. The van der Waals surface area contributed by atoms with Crippen LogP contribution in [0.25, 0.3) is 0 Å². The Kier molecular flexibility index (Phi) is 24.9. The number of anilines is 1. The van der Waals surface area contributed by atoms with E-state index in [1.807, 2.05) is 51.7 Å². The lowest BCUT2D eigenvalue weighted by Gasteiger charge is -2.31. The number of para-hydroxylation sites is 1. The number of likely N-dealkylation sites (tertiary alicyclic amines) is 1. The summed E-state index contributed by atoms with van der Waals surface area (Å²) in [6.45, 7) is 21.4. The Morgan fingerprint density at radius 1 is 1.03 bits per heavy atom. The molecule has 2 aliphatic heterocycles. The first-order chi connectivity index (χ1) is 17.6. The highest BCUT2D eigenvalue weighted by Crippen LogP contribution is 2.28. The minimum Gasteiger partial charge on any atom is -0.400 e. The number of hydrogen-bond donors (Lipinski definition) is 1. The van der Waals surface area contributed by atoms with Crippen molar-refractivity contribution in [2.24, 2.45) is 5.92 Å². The van der Waals surface area contributed by atoms with E-state index in [-0.39, 0.29) is 5.91 Å². The van der Waals surface area contributed by atoms with E-state index < -0.39 is 0 Å². The fraction of sp³-hybridized carbons (Fsp3) is 0.645. The molecule has 1 saturated heterocycles. The molecule has 2 aliphatic rings. The monoisotopic (exact) mass is 503 g/mol. The van der Waals surface area contributed by atoms with E-state index in [9.17, 15) is 4.79 Å². The van der Waals surface area contributed by atoms with Crippen molar-refractivity contribution >= 4 is 11.6 Å². The summed E-state index contributed by atoms with van der Waals surface area (Å²) in [4.78, 5) is 19.6. The summed E-state index contributed by atoms with van der Waals surface area (Å²) in [5, 5.41) is 7.00. The Morgan fingerprint density at radius 2 is 1.64 bits per heavy atom. The largest absolute Gasteiger partial charge is 0.400 e. The number of allylic oxidation sites excluding steroid dienone is 2. The van der Waals surface area contributed by atoms with Gasteiger partial charge in [0.2, 0.25) is 5.91 Å². The number of carbonyl (C=O) groups is 1. The van der Waals surface area contributed by atoms with Crippen molar-refractivity contribution in [2.45, 2.75) is 80.2 Å². The highest BCUT2D eigenvalue weighted by Gasteiger charge is 2.27. The third-order valence-corrected chi connectivity index (χ3v) is 6.06. The molecule has 1 aromatic rings. The van der Waals surface area contributed by atoms with E-state index in [0.717, 1.165) is 57.6 Å². The first-order valence-corrected chi connectivity index (χ1v) is 14.0. The summed E-state index contributed by atoms with van der Waals surface area (Å²) in [6, 6.07) is 8.40. The third kappa shape index (κ3) is 14.6. The summed E-state index contributed by atoms with van der Waals surface area (Å²) >= 11 is 0. The average molecular weight is 504 g/mol. The van der Waals surface area contributed by atoms with Crippen LogP contribution in [0, 0.1) is 5.92 Å². The van der Waals surface area contributed by atoms with Gasteiger partial charge in [-0.3, -0.25) is 9.69 Å². The average Bonchev–Trinajstić information content (AvgIpc) is 3.06. The summed E-state index contributed by atoms with van der Waals surface area (Å²) in [6.07, 6.45) is 11.8. The Bertz CT molecular complexity index is 682. The molecule has 1 N–H and O–H groups in total. The lowest BCUT2D eigenvalue weighted by atomic mass is 9.93. The summed E-state index contributed by atoms with van der Waals surface area (Å²) in [5.41, 5.74) is 2.38. The van der Waals surface area contributed by atoms with E-state index in [2.05, 4.69) is 60.7 Å². The molecule has 0 bridgehead atoms. The van der Waals surface area contributed by atoms with Gasteiger partial charge in [0.05, 0.1) is 6.54 Å². The van der Waals surface area contributed by atoms with E-state index in [4.69, 9.17) is 5.11 Å². The molecule has 0 radical (unpaired) electrons. The van der Waals surface area contributed by atoms with E-state index in [1.54, 1.807) is 0 Å². The van der Waals surface area contributed by atoms with Gasteiger partial charge in [0.1, 0.15) is 0 Å². The van der Waals surface area contributed by atoms with E-state index in [0.29, 0.717) is 6.54 Å². The fourth-order valence-electron chi connectivity index (χ4n) is 4.19. The Balaban J connectivity index is 0. The number of rotatable bonds is 7. The number of aliphatic hydroxyl groups excluding tert-OH is 1. The van der Waals surface area contributed by atoms with Gasteiger partial charge in [0.25, 0.3) is 0 Å². The minimum atomic E-state index is 0.238. The first kappa shape index (κ1) is 36.2. The standard InChI is InChI=1S/C21H31N3O.C5H10.2C2H6.CH4O/c1-3-4-12-23-16-19-7-5-6-8-20(19)24(21(25)17-23)15-11-18-9-13-22(2)14-10-18;1-3-5-4-2;3*1-2/h3,5-8,18H,1,4,9-17H2,2H3;3,5H,4H2,1-2H3;2*1-2H3;2H,1H3/b;5-3+;;;. The smallest absolute Gasteiger partial charge is 0.241 e. The molecule has 0 saturated carbocycles. The lowest BCUT2D eigenvalue weighted by molar-refractivity contribution is -0.119. The number of aliphatic hydroxyl groups is 1. The van der Waals surface area contributed by atoms with Gasteiger partial charge in [-0.1, -0.05) is 71.0 Å². The topological polar surface area (TPSA) is 47.0 Å². The normalized spacial score (nSPS) is 16.0. The number of amides is 1. The zero-order valence-corrected chi connectivity index (χ0v) is 24.8. The second-order valence-corrected chi connectivity index (χ2v) is 8.47. The number of fused-ring (bicyclic) bond motifs is 1. The molecule has 1 aromatic carbocycles. The van der Waals surface area contributed by atoms with Crippen molar-refractivity contribution in [3.63, 3.8) is 0 Å².